The van der Waals surface area contributed by atoms with Crippen LogP contribution in [-0.4, -0.2) is 59.2 Å². The first kappa shape index (κ1) is 52.1. The van der Waals surface area contributed by atoms with Crippen LogP contribution in [0, 0.1) is 18.8 Å². The second-order valence-corrected chi connectivity index (χ2v) is 17.0. The third kappa shape index (κ3) is 29.3. The molecule has 1 aromatic rings. The molecular formula is C49H93N3O4. The third-order valence-corrected chi connectivity index (χ3v) is 11.9. The largest absolute Gasteiger partial charge is 0.465 e. The Bertz CT molecular complexity index is 1010. The van der Waals surface area contributed by atoms with E-state index in [-0.39, 0.29) is 23.8 Å². The van der Waals surface area contributed by atoms with Crippen molar-refractivity contribution in [2.75, 3.05) is 32.8 Å². The molecule has 2 atom stereocenters. The molecule has 56 heavy (non-hydrogen) atoms. The Balaban J connectivity index is 2.34. The molecule has 0 fully saturated rings. The lowest BCUT2D eigenvalue weighted by Gasteiger charge is -2.22. The van der Waals surface area contributed by atoms with Gasteiger partial charge in [-0.25, -0.2) is 4.98 Å². The summed E-state index contributed by atoms with van der Waals surface area (Å²) in [6.07, 6.45) is 40.7. The number of nitrogens with zero attached hydrogens (tertiary/aromatic N) is 3. The predicted molar refractivity (Wildman–Crippen MR) is 238 cm³/mol. The van der Waals surface area contributed by atoms with Gasteiger partial charge in [0.15, 0.2) is 0 Å². The molecule has 0 aromatic carbocycles. The Kier molecular flexibility index (Phi) is 35.9. The van der Waals surface area contributed by atoms with E-state index < -0.39 is 0 Å². The van der Waals surface area contributed by atoms with Crippen LogP contribution in [0.1, 0.15) is 233 Å². The van der Waals surface area contributed by atoms with Crippen molar-refractivity contribution >= 4 is 11.9 Å². The first-order valence-electron chi connectivity index (χ1n) is 24.5. The number of aryl methyl sites for hydroxylation is 2. The van der Waals surface area contributed by atoms with E-state index in [1.54, 1.807) is 0 Å². The van der Waals surface area contributed by atoms with Gasteiger partial charge < -0.3 is 18.9 Å². The van der Waals surface area contributed by atoms with Crippen molar-refractivity contribution in [3.63, 3.8) is 0 Å². The molecule has 0 spiro atoms. The van der Waals surface area contributed by atoms with Crippen molar-refractivity contribution in [2.45, 2.75) is 240 Å². The molecule has 0 aliphatic carbocycles. The number of ether oxygens (including phenoxy) is 2. The van der Waals surface area contributed by atoms with E-state index in [4.69, 9.17) is 9.47 Å². The van der Waals surface area contributed by atoms with E-state index in [0.29, 0.717) is 13.2 Å². The van der Waals surface area contributed by atoms with Crippen LogP contribution >= 0.6 is 0 Å². The second-order valence-electron chi connectivity index (χ2n) is 17.0. The fourth-order valence-electron chi connectivity index (χ4n) is 7.99. The van der Waals surface area contributed by atoms with Crippen LogP contribution in [0.4, 0.5) is 0 Å². The maximum atomic E-state index is 13.1. The van der Waals surface area contributed by atoms with E-state index in [1.165, 1.54) is 122 Å². The van der Waals surface area contributed by atoms with Crippen LogP contribution in [0.3, 0.4) is 0 Å². The molecule has 7 nitrogen and oxygen atoms in total. The minimum absolute atomic E-state index is 0.0274. The molecule has 0 bridgehead atoms. The number of hydrogen-bond acceptors (Lipinski definition) is 6. The van der Waals surface area contributed by atoms with Gasteiger partial charge in [0, 0.05) is 18.9 Å². The summed E-state index contributed by atoms with van der Waals surface area (Å²) in [7, 11) is 0. The Morgan fingerprint density at radius 3 is 1.38 bits per heavy atom. The molecule has 0 aliphatic heterocycles. The number of hydrogen-bond donors (Lipinski definition) is 0. The summed E-state index contributed by atoms with van der Waals surface area (Å²) in [5, 5.41) is 0. The number of carbonyl (C=O) groups is 2. The zero-order valence-corrected chi connectivity index (χ0v) is 37.9. The van der Waals surface area contributed by atoms with Gasteiger partial charge >= 0.3 is 11.9 Å². The quantitative estimate of drug-likeness (QED) is 0.0485. The summed E-state index contributed by atoms with van der Waals surface area (Å²) in [6, 6.07) is 0. The highest BCUT2D eigenvalue weighted by Crippen LogP contribution is 2.21. The Morgan fingerprint density at radius 2 is 0.929 bits per heavy atom. The lowest BCUT2D eigenvalue weighted by Crippen LogP contribution is -2.28. The molecule has 2 unspecified atom stereocenters. The van der Waals surface area contributed by atoms with E-state index in [0.717, 1.165) is 109 Å². The van der Waals surface area contributed by atoms with E-state index in [9.17, 15) is 9.59 Å². The Labute approximate surface area is 347 Å². The van der Waals surface area contributed by atoms with E-state index >= 15 is 0 Å². The zero-order chi connectivity index (χ0) is 40.7. The summed E-state index contributed by atoms with van der Waals surface area (Å²) in [6.45, 7) is 16.5. The fourth-order valence-corrected chi connectivity index (χ4v) is 7.99. The van der Waals surface area contributed by atoms with Gasteiger partial charge in [0.1, 0.15) is 5.82 Å². The number of imidazole rings is 1. The molecule has 0 N–H and O–H groups in total. The minimum atomic E-state index is 0.0274. The summed E-state index contributed by atoms with van der Waals surface area (Å²) in [4.78, 5) is 32.8. The van der Waals surface area contributed by atoms with Crippen molar-refractivity contribution in [2.24, 2.45) is 11.8 Å². The summed E-state index contributed by atoms with van der Waals surface area (Å²) < 4.78 is 13.8. The normalized spacial score (nSPS) is 12.7. The van der Waals surface area contributed by atoms with Crippen LogP contribution in [-0.2, 0) is 25.6 Å². The minimum Gasteiger partial charge on any atom is -0.465 e. The van der Waals surface area contributed by atoms with Gasteiger partial charge in [0.05, 0.1) is 25.0 Å². The van der Waals surface area contributed by atoms with Crippen LogP contribution in [0.25, 0.3) is 0 Å². The number of carbonyl (C=O) groups excluding carboxylic acids is 2. The molecule has 1 rings (SSSR count). The molecule has 328 valence electrons. The van der Waals surface area contributed by atoms with Gasteiger partial charge in [-0.3, -0.25) is 9.59 Å². The van der Waals surface area contributed by atoms with E-state index in [2.05, 4.69) is 55.3 Å². The molecule has 7 heteroatoms. The number of rotatable bonds is 42. The van der Waals surface area contributed by atoms with Crippen LogP contribution in [0.2, 0.25) is 0 Å². The molecule has 0 aliphatic rings. The van der Waals surface area contributed by atoms with Crippen molar-refractivity contribution in [3.05, 3.63) is 18.2 Å². The maximum absolute atomic E-state index is 13.1. The van der Waals surface area contributed by atoms with E-state index in [1.807, 2.05) is 6.20 Å². The lowest BCUT2D eigenvalue weighted by molar-refractivity contribution is -0.150. The van der Waals surface area contributed by atoms with Gasteiger partial charge in [0.25, 0.3) is 0 Å². The summed E-state index contributed by atoms with van der Waals surface area (Å²) in [5.41, 5.74) is 0. The monoisotopic (exact) mass is 788 g/mol. The topological polar surface area (TPSA) is 73.7 Å². The second kappa shape index (κ2) is 38.6. The van der Waals surface area contributed by atoms with Crippen LogP contribution < -0.4 is 0 Å². The Hall–Kier alpha value is -1.89. The number of esters is 2. The summed E-state index contributed by atoms with van der Waals surface area (Å²) in [5.74, 6) is 1.36. The van der Waals surface area contributed by atoms with Crippen molar-refractivity contribution in [1.82, 2.24) is 14.5 Å². The molecule has 0 saturated heterocycles. The predicted octanol–water partition coefficient (Wildman–Crippen LogP) is 14.0. The first-order chi connectivity index (χ1) is 27.5. The van der Waals surface area contributed by atoms with Crippen LogP contribution in [0.5, 0.6) is 0 Å². The maximum Gasteiger partial charge on any atom is 0.308 e. The highest BCUT2D eigenvalue weighted by molar-refractivity contribution is 5.72. The van der Waals surface area contributed by atoms with Gasteiger partial charge in [0.2, 0.25) is 0 Å². The fraction of sp³-hybridized carbons (Fsp3) is 0.898. The molecular weight excluding hydrogens is 695 g/mol. The number of aromatic nitrogens is 2. The highest BCUT2D eigenvalue weighted by Gasteiger charge is 2.20. The van der Waals surface area contributed by atoms with Gasteiger partial charge in [-0.2, -0.15) is 0 Å². The average Bonchev–Trinajstić information content (AvgIpc) is 3.61. The van der Waals surface area contributed by atoms with Crippen molar-refractivity contribution < 1.29 is 19.1 Å². The van der Waals surface area contributed by atoms with Gasteiger partial charge in [-0.1, -0.05) is 169 Å². The lowest BCUT2D eigenvalue weighted by atomic mass is 9.94. The van der Waals surface area contributed by atoms with Crippen molar-refractivity contribution in [3.8, 4) is 0 Å². The van der Waals surface area contributed by atoms with Gasteiger partial charge in [-0.15, -0.1) is 0 Å². The Morgan fingerprint density at radius 1 is 0.536 bits per heavy atom. The third-order valence-electron chi connectivity index (χ3n) is 11.9. The zero-order valence-electron chi connectivity index (χ0n) is 37.9. The standard InChI is InChI=1S/C49H93N3O4/c1-6-10-13-16-20-26-34-46(9-4)48(53)55-43-31-24-18-22-29-38-51(40-33-41-52-42-37-50-45(52)5)39-30-23-25-32-44-56-49(54)47(35-27-19-15-12-8-3)36-28-21-17-14-11-7-2/h37,42,46-47H,6-36,38-41,43-44H2,1-5H3. The molecule has 1 aromatic heterocycles. The SMILES string of the molecule is CCCCCCCCC(CC)C(=O)OCCCCCCCN(CCCCCCOC(=O)C(CCCCCCC)CCCCCCCC)CCCn1ccnc1C. The van der Waals surface area contributed by atoms with Crippen molar-refractivity contribution in [1.29, 1.82) is 0 Å². The smallest absolute Gasteiger partial charge is 0.308 e. The first-order valence-corrected chi connectivity index (χ1v) is 24.5. The van der Waals surface area contributed by atoms with Crippen LogP contribution in [0.15, 0.2) is 12.4 Å². The molecule has 1 heterocycles. The highest BCUT2D eigenvalue weighted by atomic mass is 16.5. The number of unbranched alkanes of at least 4 members (excludes halogenated alkanes) is 21. The molecule has 0 amide bonds. The van der Waals surface area contributed by atoms with Gasteiger partial charge in [-0.05, 0) is 84.3 Å². The molecule has 0 saturated carbocycles. The summed E-state index contributed by atoms with van der Waals surface area (Å²) >= 11 is 0. The average molecular weight is 788 g/mol. The molecule has 0 radical (unpaired) electrons.